The number of rotatable bonds is 2. The van der Waals surface area contributed by atoms with Crippen LogP contribution in [0, 0.1) is 17.8 Å². The minimum absolute atomic E-state index is 0.927. The number of nitrogens with zero attached hydrogens (tertiary/aromatic N) is 1. The second-order valence-corrected chi connectivity index (χ2v) is 5.44. The van der Waals surface area contributed by atoms with Crippen molar-refractivity contribution in [2.75, 3.05) is 19.6 Å². The van der Waals surface area contributed by atoms with Gasteiger partial charge in [-0.25, -0.2) is 0 Å². The van der Waals surface area contributed by atoms with Gasteiger partial charge in [-0.2, -0.15) is 0 Å². The van der Waals surface area contributed by atoms with Crippen LogP contribution in [0.2, 0.25) is 0 Å². The smallest absolute Gasteiger partial charge is 0.000978 e. The fraction of sp³-hybridized carbons (Fsp3) is 1.00. The number of hydrogen-bond acceptors (Lipinski definition) is 1. The van der Waals surface area contributed by atoms with Gasteiger partial charge in [-0.1, -0.05) is 13.8 Å². The summed E-state index contributed by atoms with van der Waals surface area (Å²) in [5, 5.41) is 0. The molecule has 0 spiro atoms. The molecule has 2 aliphatic rings. The SMILES string of the molecule is CC1CCN(CC2CC2)CC(C)C1. The zero-order valence-corrected chi connectivity index (χ0v) is 9.13. The van der Waals surface area contributed by atoms with Gasteiger partial charge in [0.15, 0.2) is 0 Å². The molecular formula is C12H23N. The maximum Gasteiger partial charge on any atom is 0.000978 e. The second kappa shape index (κ2) is 4.00. The van der Waals surface area contributed by atoms with Crippen LogP contribution >= 0.6 is 0 Å². The second-order valence-electron chi connectivity index (χ2n) is 5.44. The lowest BCUT2D eigenvalue weighted by molar-refractivity contribution is 0.246. The van der Waals surface area contributed by atoms with Gasteiger partial charge in [-0.05, 0) is 50.0 Å². The van der Waals surface area contributed by atoms with Gasteiger partial charge in [0, 0.05) is 13.1 Å². The van der Waals surface area contributed by atoms with E-state index < -0.39 is 0 Å². The van der Waals surface area contributed by atoms with Crippen LogP contribution in [0.15, 0.2) is 0 Å². The highest BCUT2D eigenvalue weighted by Crippen LogP contribution is 2.31. The van der Waals surface area contributed by atoms with E-state index >= 15 is 0 Å². The first-order valence-corrected chi connectivity index (χ1v) is 5.96. The lowest BCUT2D eigenvalue weighted by Gasteiger charge is -2.21. The number of hydrogen-bond donors (Lipinski definition) is 0. The van der Waals surface area contributed by atoms with Crippen LogP contribution in [-0.2, 0) is 0 Å². The zero-order chi connectivity index (χ0) is 9.26. The molecule has 2 atom stereocenters. The van der Waals surface area contributed by atoms with Crippen molar-refractivity contribution in [3.05, 3.63) is 0 Å². The predicted octanol–water partition coefficient (Wildman–Crippen LogP) is 2.76. The van der Waals surface area contributed by atoms with Gasteiger partial charge in [0.05, 0.1) is 0 Å². The Hall–Kier alpha value is -0.0400. The van der Waals surface area contributed by atoms with Crippen molar-refractivity contribution < 1.29 is 0 Å². The molecule has 76 valence electrons. The van der Waals surface area contributed by atoms with Crippen LogP contribution < -0.4 is 0 Å². The molecule has 1 aliphatic carbocycles. The molecule has 1 heteroatoms. The highest BCUT2D eigenvalue weighted by Gasteiger charge is 2.26. The molecule has 1 saturated heterocycles. The van der Waals surface area contributed by atoms with Gasteiger partial charge in [-0.15, -0.1) is 0 Å². The Morgan fingerprint density at radius 2 is 1.85 bits per heavy atom. The summed E-state index contributed by atoms with van der Waals surface area (Å²) in [6.45, 7) is 8.96. The van der Waals surface area contributed by atoms with Crippen LogP contribution in [0.3, 0.4) is 0 Å². The summed E-state index contributed by atoms with van der Waals surface area (Å²) in [6.07, 6.45) is 5.87. The molecule has 0 aromatic rings. The van der Waals surface area contributed by atoms with Crippen LogP contribution in [0.4, 0.5) is 0 Å². The summed E-state index contributed by atoms with van der Waals surface area (Å²) in [5.41, 5.74) is 0. The third-order valence-corrected chi connectivity index (χ3v) is 3.53. The summed E-state index contributed by atoms with van der Waals surface area (Å²) < 4.78 is 0. The average molecular weight is 181 g/mol. The van der Waals surface area contributed by atoms with Gasteiger partial charge in [0.1, 0.15) is 0 Å². The third-order valence-electron chi connectivity index (χ3n) is 3.53. The van der Waals surface area contributed by atoms with Crippen molar-refractivity contribution in [1.82, 2.24) is 4.90 Å². The molecular weight excluding hydrogens is 158 g/mol. The number of likely N-dealkylation sites (tertiary alicyclic amines) is 1. The largest absolute Gasteiger partial charge is 0.303 e. The molecule has 1 aliphatic heterocycles. The Bertz CT molecular complexity index is 163. The summed E-state index contributed by atoms with van der Waals surface area (Å²) in [6, 6.07) is 0. The topological polar surface area (TPSA) is 3.24 Å². The molecule has 13 heavy (non-hydrogen) atoms. The van der Waals surface area contributed by atoms with E-state index in [0.717, 1.165) is 17.8 Å². The summed E-state index contributed by atoms with van der Waals surface area (Å²) in [5.74, 6) is 2.95. The van der Waals surface area contributed by atoms with Gasteiger partial charge in [0.2, 0.25) is 0 Å². The quantitative estimate of drug-likeness (QED) is 0.633. The summed E-state index contributed by atoms with van der Waals surface area (Å²) >= 11 is 0. The standard InChI is InChI=1S/C12H23N/c1-10-5-6-13(8-11(2)7-10)9-12-3-4-12/h10-12H,3-9H2,1-2H3. The maximum absolute atomic E-state index is 2.71. The molecule has 0 amide bonds. The van der Waals surface area contributed by atoms with Crippen molar-refractivity contribution in [3.8, 4) is 0 Å². The lowest BCUT2D eigenvalue weighted by atomic mass is 9.97. The van der Waals surface area contributed by atoms with Crippen LogP contribution in [0.1, 0.15) is 39.5 Å². The van der Waals surface area contributed by atoms with E-state index in [0.29, 0.717) is 0 Å². The van der Waals surface area contributed by atoms with Crippen LogP contribution in [0.25, 0.3) is 0 Å². The van der Waals surface area contributed by atoms with Crippen LogP contribution in [-0.4, -0.2) is 24.5 Å². The van der Waals surface area contributed by atoms with E-state index in [1.807, 2.05) is 0 Å². The molecule has 0 bridgehead atoms. The van der Waals surface area contributed by atoms with Gasteiger partial charge in [-0.3, -0.25) is 0 Å². The minimum Gasteiger partial charge on any atom is -0.303 e. The first-order valence-electron chi connectivity index (χ1n) is 5.96. The first-order chi connectivity index (χ1) is 6.24. The van der Waals surface area contributed by atoms with Gasteiger partial charge < -0.3 is 4.90 Å². The van der Waals surface area contributed by atoms with Crippen molar-refractivity contribution in [3.63, 3.8) is 0 Å². The van der Waals surface area contributed by atoms with Crippen molar-refractivity contribution >= 4 is 0 Å². The maximum atomic E-state index is 2.71. The van der Waals surface area contributed by atoms with E-state index in [4.69, 9.17) is 0 Å². The predicted molar refractivity (Wildman–Crippen MR) is 56.7 cm³/mol. The Balaban J connectivity index is 1.81. The van der Waals surface area contributed by atoms with E-state index in [1.165, 1.54) is 45.3 Å². The monoisotopic (exact) mass is 181 g/mol. The van der Waals surface area contributed by atoms with E-state index in [-0.39, 0.29) is 0 Å². The van der Waals surface area contributed by atoms with Gasteiger partial charge >= 0.3 is 0 Å². The molecule has 1 heterocycles. The van der Waals surface area contributed by atoms with Crippen molar-refractivity contribution in [1.29, 1.82) is 0 Å². The average Bonchev–Trinajstić information content (AvgIpc) is 2.83. The highest BCUT2D eigenvalue weighted by molar-refractivity contribution is 4.80. The van der Waals surface area contributed by atoms with E-state index in [2.05, 4.69) is 18.7 Å². The fourth-order valence-corrected chi connectivity index (χ4v) is 2.65. The summed E-state index contributed by atoms with van der Waals surface area (Å²) in [4.78, 5) is 2.71. The molecule has 2 unspecified atom stereocenters. The third kappa shape index (κ3) is 2.98. The molecule has 2 fully saturated rings. The fourth-order valence-electron chi connectivity index (χ4n) is 2.65. The lowest BCUT2D eigenvalue weighted by Crippen LogP contribution is -2.29. The van der Waals surface area contributed by atoms with E-state index in [9.17, 15) is 0 Å². The molecule has 0 aromatic heterocycles. The van der Waals surface area contributed by atoms with Crippen molar-refractivity contribution in [2.24, 2.45) is 17.8 Å². The van der Waals surface area contributed by atoms with Crippen LogP contribution in [0.5, 0.6) is 0 Å². The molecule has 0 N–H and O–H groups in total. The molecule has 0 aromatic carbocycles. The van der Waals surface area contributed by atoms with Gasteiger partial charge in [0.25, 0.3) is 0 Å². The molecule has 0 radical (unpaired) electrons. The minimum atomic E-state index is 0.927. The Morgan fingerprint density at radius 1 is 1.08 bits per heavy atom. The van der Waals surface area contributed by atoms with Crippen molar-refractivity contribution in [2.45, 2.75) is 39.5 Å². The highest BCUT2D eigenvalue weighted by atomic mass is 15.1. The first kappa shape index (κ1) is 9.51. The molecule has 2 rings (SSSR count). The Labute approximate surface area is 82.5 Å². The zero-order valence-electron chi connectivity index (χ0n) is 9.13. The normalized spacial score (nSPS) is 37.4. The summed E-state index contributed by atoms with van der Waals surface area (Å²) in [7, 11) is 0. The van der Waals surface area contributed by atoms with E-state index in [1.54, 1.807) is 0 Å². The molecule has 1 nitrogen and oxygen atoms in total. The Kier molecular flexibility index (Phi) is 2.92. The Morgan fingerprint density at radius 3 is 2.54 bits per heavy atom. The molecule has 1 saturated carbocycles.